The summed E-state index contributed by atoms with van der Waals surface area (Å²) in [5.41, 5.74) is 2.40. The van der Waals surface area contributed by atoms with Crippen LogP contribution in [0.1, 0.15) is 17.4 Å². The zero-order valence-electron chi connectivity index (χ0n) is 11.3. The molecule has 1 aromatic carbocycles. The van der Waals surface area contributed by atoms with Crippen molar-refractivity contribution in [1.29, 1.82) is 0 Å². The summed E-state index contributed by atoms with van der Waals surface area (Å²) in [7, 11) is 1.97. The smallest absolute Gasteiger partial charge is 0.354 e. The number of benzene rings is 1. The van der Waals surface area contributed by atoms with E-state index in [4.69, 9.17) is 17.0 Å². The van der Waals surface area contributed by atoms with Gasteiger partial charge in [0.2, 0.25) is 0 Å². The van der Waals surface area contributed by atoms with Crippen LogP contribution in [0, 0.1) is 4.64 Å². The Morgan fingerprint density at radius 1 is 1.35 bits per heavy atom. The summed E-state index contributed by atoms with van der Waals surface area (Å²) in [6.45, 7) is 2.12. The summed E-state index contributed by atoms with van der Waals surface area (Å²) < 4.78 is 7.61. The summed E-state index contributed by atoms with van der Waals surface area (Å²) in [5, 5.41) is 2.05. The third-order valence-electron chi connectivity index (χ3n) is 3.39. The number of hydrogen-bond donors (Lipinski definition) is 1. The summed E-state index contributed by atoms with van der Waals surface area (Å²) in [5.74, 6) is -0.381. The van der Waals surface area contributed by atoms with Crippen LogP contribution in [0.15, 0.2) is 30.3 Å². The minimum Gasteiger partial charge on any atom is -0.461 e. The van der Waals surface area contributed by atoms with Gasteiger partial charge < -0.3 is 14.3 Å². The van der Waals surface area contributed by atoms with Crippen LogP contribution >= 0.6 is 12.2 Å². The topological polar surface area (TPSA) is 47.0 Å². The molecular formula is C15H14N2O2S. The largest absolute Gasteiger partial charge is 0.461 e. The van der Waals surface area contributed by atoms with E-state index in [1.807, 2.05) is 41.9 Å². The van der Waals surface area contributed by atoms with Gasteiger partial charge in [-0.2, -0.15) is 0 Å². The summed E-state index contributed by atoms with van der Waals surface area (Å²) in [6, 6.07) is 9.84. The van der Waals surface area contributed by atoms with E-state index in [2.05, 4.69) is 4.98 Å². The Labute approximate surface area is 121 Å². The van der Waals surface area contributed by atoms with E-state index in [1.54, 1.807) is 6.92 Å². The molecule has 4 nitrogen and oxygen atoms in total. The number of nitrogens with zero attached hydrogens (tertiary/aromatic N) is 1. The lowest BCUT2D eigenvalue weighted by molar-refractivity contribution is 0.0519. The SMILES string of the molecule is CCOC(=O)c1cc2c3ccccc3n(C)c2c(=S)[nH]1. The van der Waals surface area contributed by atoms with Gasteiger partial charge in [-0.15, -0.1) is 0 Å². The predicted octanol–water partition coefficient (Wildman–Crippen LogP) is 3.57. The molecule has 0 unspecified atom stereocenters. The molecule has 5 heteroatoms. The molecule has 0 spiro atoms. The third kappa shape index (κ3) is 1.82. The van der Waals surface area contributed by atoms with Crippen molar-refractivity contribution in [1.82, 2.24) is 9.55 Å². The normalized spacial score (nSPS) is 11.1. The van der Waals surface area contributed by atoms with Crippen LogP contribution in [0.25, 0.3) is 21.8 Å². The molecule has 0 fully saturated rings. The molecule has 2 aromatic heterocycles. The first-order valence-corrected chi connectivity index (χ1v) is 6.82. The number of aromatic amines is 1. The standard InChI is InChI=1S/C15H14N2O2S/c1-3-19-15(18)11-8-10-9-6-4-5-7-12(9)17(2)13(10)14(20)16-11/h4-8H,3H2,1-2H3,(H,16,20). The summed E-state index contributed by atoms with van der Waals surface area (Å²) in [6.07, 6.45) is 0. The molecule has 0 radical (unpaired) electrons. The highest BCUT2D eigenvalue weighted by atomic mass is 32.1. The second kappa shape index (κ2) is 4.76. The van der Waals surface area contributed by atoms with Crippen molar-refractivity contribution in [3.8, 4) is 0 Å². The van der Waals surface area contributed by atoms with Crippen molar-refractivity contribution in [2.24, 2.45) is 7.05 Å². The Kier molecular flexibility index (Phi) is 3.06. The average Bonchev–Trinajstić information content (AvgIpc) is 2.74. The molecule has 1 N–H and O–H groups in total. The zero-order chi connectivity index (χ0) is 14.3. The summed E-state index contributed by atoms with van der Waals surface area (Å²) >= 11 is 5.39. The second-order valence-electron chi connectivity index (χ2n) is 4.57. The van der Waals surface area contributed by atoms with Crippen LogP contribution in [0.3, 0.4) is 0 Å². The lowest BCUT2D eigenvalue weighted by atomic mass is 10.1. The van der Waals surface area contributed by atoms with Gasteiger partial charge in [0.05, 0.1) is 12.1 Å². The van der Waals surface area contributed by atoms with Crippen molar-refractivity contribution in [2.75, 3.05) is 6.61 Å². The molecule has 0 bridgehead atoms. The number of carbonyl (C=O) groups is 1. The van der Waals surface area contributed by atoms with Gasteiger partial charge in [0, 0.05) is 23.3 Å². The average molecular weight is 286 g/mol. The molecule has 0 atom stereocenters. The number of pyridine rings is 1. The van der Waals surface area contributed by atoms with Gasteiger partial charge in [-0.3, -0.25) is 0 Å². The third-order valence-corrected chi connectivity index (χ3v) is 3.69. The van der Waals surface area contributed by atoms with Gasteiger partial charge in [-0.05, 0) is 19.1 Å². The lowest BCUT2D eigenvalue weighted by Crippen LogP contribution is -2.07. The van der Waals surface area contributed by atoms with E-state index in [0.717, 1.165) is 21.8 Å². The quantitative estimate of drug-likeness (QED) is 0.578. The molecule has 0 amide bonds. The highest BCUT2D eigenvalue weighted by Gasteiger charge is 2.14. The maximum Gasteiger partial charge on any atom is 0.354 e. The van der Waals surface area contributed by atoms with Crippen LogP contribution in [-0.2, 0) is 11.8 Å². The van der Waals surface area contributed by atoms with Gasteiger partial charge in [0.25, 0.3) is 0 Å². The number of para-hydroxylation sites is 1. The number of aryl methyl sites for hydroxylation is 1. The van der Waals surface area contributed by atoms with Gasteiger partial charge in [0.15, 0.2) is 0 Å². The maximum absolute atomic E-state index is 11.9. The first-order valence-electron chi connectivity index (χ1n) is 6.41. The second-order valence-corrected chi connectivity index (χ2v) is 4.98. The van der Waals surface area contributed by atoms with E-state index >= 15 is 0 Å². The van der Waals surface area contributed by atoms with Gasteiger partial charge in [-0.1, -0.05) is 30.4 Å². The fourth-order valence-corrected chi connectivity index (χ4v) is 2.88. The number of carbonyl (C=O) groups excluding carboxylic acids is 1. The monoisotopic (exact) mass is 286 g/mol. The van der Waals surface area contributed by atoms with E-state index in [0.29, 0.717) is 16.9 Å². The Morgan fingerprint density at radius 2 is 2.10 bits per heavy atom. The fraction of sp³-hybridized carbons (Fsp3) is 0.200. The maximum atomic E-state index is 11.9. The first kappa shape index (κ1) is 12.9. The Bertz CT molecular complexity index is 877. The number of ether oxygens (including phenoxy) is 1. The summed E-state index contributed by atoms with van der Waals surface area (Å²) in [4.78, 5) is 14.8. The Morgan fingerprint density at radius 3 is 2.85 bits per heavy atom. The first-order chi connectivity index (χ1) is 9.63. The molecule has 0 aliphatic carbocycles. The van der Waals surface area contributed by atoms with Gasteiger partial charge in [-0.25, -0.2) is 4.79 Å². The molecule has 2 heterocycles. The highest BCUT2D eigenvalue weighted by Crippen LogP contribution is 2.28. The van der Waals surface area contributed by atoms with Crippen molar-refractivity contribution in [3.05, 3.63) is 40.7 Å². The number of aromatic nitrogens is 2. The minimum atomic E-state index is -0.381. The number of hydrogen-bond acceptors (Lipinski definition) is 3. The van der Waals surface area contributed by atoms with Crippen LogP contribution in [0.2, 0.25) is 0 Å². The van der Waals surface area contributed by atoms with E-state index in [9.17, 15) is 4.79 Å². The van der Waals surface area contributed by atoms with Crippen LogP contribution in [0.5, 0.6) is 0 Å². The van der Waals surface area contributed by atoms with E-state index in [1.165, 1.54) is 0 Å². The molecule has 20 heavy (non-hydrogen) atoms. The molecular weight excluding hydrogens is 272 g/mol. The number of nitrogens with one attached hydrogen (secondary N) is 1. The van der Waals surface area contributed by atoms with Crippen molar-refractivity contribution in [3.63, 3.8) is 0 Å². The lowest BCUT2D eigenvalue weighted by Gasteiger charge is -2.03. The Hall–Kier alpha value is -2.14. The molecule has 0 aliphatic rings. The minimum absolute atomic E-state index is 0.340. The zero-order valence-corrected chi connectivity index (χ0v) is 12.1. The highest BCUT2D eigenvalue weighted by molar-refractivity contribution is 7.71. The van der Waals surface area contributed by atoms with Crippen molar-refractivity contribution >= 4 is 40.0 Å². The van der Waals surface area contributed by atoms with E-state index in [-0.39, 0.29) is 5.97 Å². The molecule has 0 saturated carbocycles. The van der Waals surface area contributed by atoms with Crippen molar-refractivity contribution in [2.45, 2.75) is 6.92 Å². The Balaban J connectivity index is 2.39. The van der Waals surface area contributed by atoms with E-state index < -0.39 is 0 Å². The molecule has 0 saturated heterocycles. The van der Waals surface area contributed by atoms with Crippen LogP contribution < -0.4 is 0 Å². The predicted molar refractivity (Wildman–Crippen MR) is 81.6 cm³/mol. The number of esters is 1. The van der Waals surface area contributed by atoms with Crippen LogP contribution in [0.4, 0.5) is 0 Å². The molecule has 102 valence electrons. The number of fused-ring (bicyclic) bond motifs is 3. The molecule has 3 aromatic rings. The number of rotatable bonds is 2. The van der Waals surface area contributed by atoms with Crippen LogP contribution in [-0.4, -0.2) is 22.1 Å². The van der Waals surface area contributed by atoms with Gasteiger partial charge >= 0.3 is 5.97 Å². The molecule has 0 aliphatic heterocycles. The van der Waals surface area contributed by atoms with Crippen molar-refractivity contribution < 1.29 is 9.53 Å². The number of H-pyrrole nitrogens is 1. The fourth-order valence-electron chi connectivity index (χ4n) is 2.52. The molecule has 3 rings (SSSR count). The van der Waals surface area contributed by atoms with Gasteiger partial charge in [0.1, 0.15) is 10.3 Å².